The number of halogens is 1. The van der Waals surface area contributed by atoms with Gasteiger partial charge in [0.15, 0.2) is 0 Å². The quantitative estimate of drug-likeness (QED) is 0.247. The molecule has 0 aliphatic carbocycles. The minimum atomic E-state index is -3.90. The zero-order chi connectivity index (χ0) is 27.5. The third kappa shape index (κ3) is 6.16. The number of hydrogen-bond acceptors (Lipinski definition) is 5. The number of aryl methyl sites for hydroxylation is 1. The van der Waals surface area contributed by atoms with Gasteiger partial charge in [-0.15, -0.1) is 0 Å². The number of benzene rings is 4. The van der Waals surface area contributed by atoms with E-state index in [0.29, 0.717) is 11.3 Å². The van der Waals surface area contributed by atoms with Gasteiger partial charge >= 0.3 is 0 Å². The van der Waals surface area contributed by atoms with Crippen molar-refractivity contribution in [3.05, 3.63) is 113 Å². The average Bonchev–Trinajstić information content (AvgIpc) is 2.87. The van der Waals surface area contributed by atoms with Gasteiger partial charge in [0.05, 0.1) is 26.2 Å². The number of amides is 1. The van der Waals surface area contributed by atoms with Gasteiger partial charge in [-0.3, -0.25) is 14.2 Å². The topological polar surface area (TPSA) is 121 Å². The van der Waals surface area contributed by atoms with Crippen molar-refractivity contribution < 1.29 is 21.6 Å². The maximum absolute atomic E-state index is 13.0. The van der Waals surface area contributed by atoms with E-state index in [0.717, 1.165) is 5.56 Å². The van der Waals surface area contributed by atoms with E-state index in [1.54, 1.807) is 61.5 Å². The van der Waals surface area contributed by atoms with Crippen molar-refractivity contribution in [2.75, 3.05) is 14.8 Å². The van der Waals surface area contributed by atoms with Gasteiger partial charge in [0.25, 0.3) is 26.0 Å². The third-order valence-corrected chi connectivity index (χ3v) is 8.79. The number of para-hydroxylation sites is 1. The molecule has 0 heterocycles. The van der Waals surface area contributed by atoms with Crippen LogP contribution in [0, 0.1) is 13.8 Å². The van der Waals surface area contributed by atoms with E-state index in [1.807, 2.05) is 6.92 Å². The number of carbonyl (C=O) groups is 1. The molecule has 3 N–H and O–H groups in total. The fourth-order valence-electron chi connectivity index (χ4n) is 3.58. The van der Waals surface area contributed by atoms with Crippen molar-refractivity contribution in [1.82, 2.24) is 0 Å². The SMILES string of the molecule is Cc1ccc(S(=O)(=O)Nc2cccc(C(=O)Nc3ccc(S(=O)(=O)Nc4ccccc4Cl)cc3)c2C)cc1. The van der Waals surface area contributed by atoms with Crippen LogP contribution in [-0.4, -0.2) is 22.7 Å². The summed E-state index contributed by atoms with van der Waals surface area (Å²) in [5.41, 5.74) is 2.50. The van der Waals surface area contributed by atoms with Gasteiger partial charge in [0.1, 0.15) is 0 Å². The Labute approximate surface area is 226 Å². The van der Waals surface area contributed by atoms with Gasteiger partial charge in [0, 0.05) is 11.3 Å². The molecule has 0 aliphatic heterocycles. The monoisotopic (exact) mass is 569 g/mol. The van der Waals surface area contributed by atoms with E-state index in [1.165, 1.54) is 36.4 Å². The molecule has 0 aliphatic rings. The number of nitrogens with one attached hydrogen (secondary N) is 3. The summed E-state index contributed by atoms with van der Waals surface area (Å²) in [6, 6.07) is 23.2. The van der Waals surface area contributed by atoms with Crippen molar-refractivity contribution in [2.45, 2.75) is 23.6 Å². The molecule has 0 saturated heterocycles. The normalized spacial score (nSPS) is 11.6. The van der Waals surface area contributed by atoms with Crippen LogP contribution in [0.4, 0.5) is 17.1 Å². The Bertz CT molecular complexity index is 1700. The number of carbonyl (C=O) groups excluding carboxylic acids is 1. The summed E-state index contributed by atoms with van der Waals surface area (Å²) in [5.74, 6) is -0.483. The summed E-state index contributed by atoms with van der Waals surface area (Å²) in [6.45, 7) is 3.50. The zero-order valence-corrected chi connectivity index (χ0v) is 22.8. The molecule has 0 unspecified atom stereocenters. The second-order valence-corrected chi connectivity index (χ2v) is 12.2. The highest BCUT2D eigenvalue weighted by Crippen LogP contribution is 2.26. The Morgan fingerprint density at radius 3 is 1.79 bits per heavy atom. The predicted molar refractivity (Wildman–Crippen MR) is 150 cm³/mol. The first-order valence-corrected chi connectivity index (χ1v) is 14.7. The molecule has 1 amide bonds. The van der Waals surface area contributed by atoms with Crippen molar-refractivity contribution in [1.29, 1.82) is 0 Å². The van der Waals surface area contributed by atoms with Gasteiger partial charge in [0.2, 0.25) is 0 Å². The highest BCUT2D eigenvalue weighted by atomic mass is 35.5. The van der Waals surface area contributed by atoms with Crippen LogP contribution in [-0.2, 0) is 20.0 Å². The molecular formula is C27H24ClN3O5S2. The lowest BCUT2D eigenvalue weighted by atomic mass is 10.1. The number of rotatable bonds is 8. The Hall–Kier alpha value is -3.86. The van der Waals surface area contributed by atoms with Gasteiger partial charge < -0.3 is 5.32 Å². The van der Waals surface area contributed by atoms with Crippen LogP contribution in [0.1, 0.15) is 21.5 Å². The van der Waals surface area contributed by atoms with Crippen LogP contribution in [0.5, 0.6) is 0 Å². The Morgan fingerprint density at radius 1 is 0.658 bits per heavy atom. The highest BCUT2D eigenvalue weighted by molar-refractivity contribution is 7.93. The Kier molecular flexibility index (Phi) is 7.77. The largest absolute Gasteiger partial charge is 0.322 e. The second kappa shape index (κ2) is 10.9. The van der Waals surface area contributed by atoms with Crippen LogP contribution >= 0.6 is 11.6 Å². The molecule has 38 heavy (non-hydrogen) atoms. The molecule has 0 bridgehead atoms. The van der Waals surface area contributed by atoms with Gasteiger partial charge in [-0.1, -0.05) is 47.5 Å². The van der Waals surface area contributed by atoms with E-state index in [2.05, 4.69) is 14.8 Å². The summed E-state index contributed by atoms with van der Waals surface area (Å²) >= 11 is 6.04. The molecule has 0 saturated carbocycles. The average molecular weight is 570 g/mol. The van der Waals surface area contributed by atoms with Crippen molar-refractivity contribution in [3.8, 4) is 0 Å². The first-order chi connectivity index (χ1) is 18.0. The number of sulfonamides is 2. The van der Waals surface area contributed by atoms with Gasteiger partial charge in [-0.05, 0) is 80.1 Å². The molecule has 0 atom stereocenters. The Morgan fingerprint density at radius 2 is 1.18 bits per heavy atom. The van der Waals surface area contributed by atoms with Crippen LogP contribution in [0.15, 0.2) is 101 Å². The maximum atomic E-state index is 13.0. The molecule has 8 nitrogen and oxygen atoms in total. The molecular weight excluding hydrogens is 546 g/mol. The molecule has 0 spiro atoms. The van der Waals surface area contributed by atoms with Crippen LogP contribution in [0.25, 0.3) is 0 Å². The van der Waals surface area contributed by atoms with Gasteiger partial charge in [-0.2, -0.15) is 0 Å². The van der Waals surface area contributed by atoms with E-state index < -0.39 is 26.0 Å². The van der Waals surface area contributed by atoms with Crippen LogP contribution in [0.2, 0.25) is 5.02 Å². The first kappa shape index (κ1) is 27.2. The minimum Gasteiger partial charge on any atom is -0.322 e. The van der Waals surface area contributed by atoms with Crippen molar-refractivity contribution >= 4 is 54.6 Å². The lowest BCUT2D eigenvalue weighted by Gasteiger charge is -2.14. The fourth-order valence-corrected chi connectivity index (χ4v) is 6.02. The Balaban J connectivity index is 1.49. The second-order valence-electron chi connectivity index (χ2n) is 8.46. The van der Waals surface area contributed by atoms with Gasteiger partial charge in [-0.25, -0.2) is 16.8 Å². The minimum absolute atomic E-state index is 0.0147. The molecule has 4 aromatic carbocycles. The van der Waals surface area contributed by atoms with Crippen molar-refractivity contribution in [3.63, 3.8) is 0 Å². The predicted octanol–water partition coefficient (Wildman–Crippen LogP) is 5.81. The summed E-state index contributed by atoms with van der Waals surface area (Å²) < 4.78 is 56.0. The summed E-state index contributed by atoms with van der Waals surface area (Å²) in [7, 11) is -7.75. The summed E-state index contributed by atoms with van der Waals surface area (Å²) in [4.78, 5) is 13.1. The molecule has 196 valence electrons. The maximum Gasteiger partial charge on any atom is 0.261 e. The smallest absolute Gasteiger partial charge is 0.261 e. The molecule has 0 fully saturated rings. The van der Waals surface area contributed by atoms with E-state index >= 15 is 0 Å². The van der Waals surface area contributed by atoms with Crippen molar-refractivity contribution in [2.24, 2.45) is 0 Å². The third-order valence-electron chi connectivity index (χ3n) is 5.69. The van der Waals surface area contributed by atoms with E-state index in [-0.39, 0.29) is 31.8 Å². The highest BCUT2D eigenvalue weighted by Gasteiger charge is 2.19. The van der Waals surface area contributed by atoms with E-state index in [9.17, 15) is 21.6 Å². The summed E-state index contributed by atoms with van der Waals surface area (Å²) in [6.07, 6.45) is 0. The lowest BCUT2D eigenvalue weighted by molar-refractivity contribution is 0.102. The molecule has 0 radical (unpaired) electrons. The molecule has 4 aromatic rings. The molecule has 4 rings (SSSR count). The van der Waals surface area contributed by atoms with Crippen LogP contribution in [0.3, 0.4) is 0 Å². The molecule has 0 aromatic heterocycles. The number of anilines is 3. The fraction of sp³-hybridized carbons (Fsp3) is 0.0741. The standard InChI is InChI=1S/C27H24ClN3O5S2/c1-18-10-14-21(15-11-18)37(33,34)30-25-9-5-6-23(19(25)2)27(32)29-20-12-16-22(17-13-20)38(35,36)31-26-8-4-3-7-24(26)28/h3-17,30-31H,1-2H3,(H,29,32). The first-order valence-electron chi connectivity index (χ1n) is 11.3. The number of hydrogen-bond donors (Lipinski definition) is 3. The molecule has 11 heteroatoms. The van der Waals surface area contributed by atoms with E-state index in [4.69, 9.17) is 11.6 Å². The lowest BCUT2D eigenvalue weighted by Crippen LogP contribution is -2.17. The van der Waals surface area contributed by atoms with Crippen LogP contribution < -0.4 is 14.8 Å². The summed E-state index contributed by atoms with van der Waals surface area (Å²) in [5, 5.41) is 2.97. The zero-order valence-electron chi connectivity index (χ0n) is 20.4.